The van der Waals surface area contributed by atoms with Crippen molar-refractivity contribution in [3.8, 4) is 5.75 Å². The number of hydrogen-bond donors (Lipinski definition) is 2. The third-order valence-electron chi connectivity index (χ3n) is 2.93. The summed E-state index contributed by atoms with van der Waals surface area (Å²) in [6, 6.07) is 12.2. The minimum absolute atomic E-state index is 0.0506. The molecule has 4 heteroatoms. The fourth-order valence-corrected chi connectivity index (χ4v) is 2.57. The maximum Gasteiger partial charge on any atom is 0.127 e. The highest BCUT2D eigenvalue weighted by Gasteiger charge is 2.08. The normalized spacial score (nSPS) is 12.4. The van der Waals surface area contributed by atoms with E-state index in [4.69, 9.17) is 0 Å². The Morgan fingerprint density at radius 1 is 1.26 bits per heavy atom. The van der Waals surface area contributed by atoms with Gasteiger partial charge >= 0.3 is 0 Å². The van der Waals surface area contributed by atoms with Crippen molar-refractivity contribution in [1.82, 2.24) is 5.32 Å². The molecule has 2 N–H and O–H groups in total. The molecule has 0 aliphatic carbocycles. The minimum Gasteiger partial charge on any atom is -0.508 e. The van der Waals surface area contributed by atoms with E-state index in [9.17, 15) is 9.50 Å². The van der Waals surface area contributed by atoms with Crippen LogP contribution in [0.4, 0.5) is 4.39 Å². The summed E-state index contributed by atoms with van der Waals surface area (Å²) in [5, 5.41) is 12.6. The Hall–Kier alpha value is -1.39. The lowest BCUT2D eigenvalue weighted by atomic mass is 10.1. The van der Waals surface area contributed by atoms with Crippen LogP contribution in [-0.2, 0) is 6.54 Å². The first-order valence-corrected chi connectivity index (χ1v) is 6.82. The molecule has 0 radical (unpaired) electrons. The van der Waals surface area contributed by atoms with Gasteiger partial charge in [0.25, 0.3) is 0 Å². The average Bonchev–Trinajstić information content (AvgIpc) is 2.35. The van der Waals surface area contributed by atoms with Gasteiger partial charge in [-0.1, -0.05) is 34.1 Å². The first kappa shape index (κ1) is 14.0. The van der Waals surface area contributed by atoms with Crippen molar-refractivity contribution in [2.45, 2.75) is 19.5 Å². The predicted molar refractivity (Wildman–Crippen MR) is 77.5 cm³/mol. The molecule has 0 saturated heterocycles. The van der Waals surface area contributed by atoms with Crippen LogP contribution >= 0.6 is 15.9 Å². The van der Waals surface area contributed by atoms with Gasteiger partial charge in [-0.15, -0.1) is 0 Å². The van der Waals surface area contributed by atoms with Crippen LogP contribution in [0.1, 0.15) is 24.1 Å². The van der Waals surface area contributed by atoms with Gasteiger partial charge in [-0.2, -0.15) is 0 Å². The predicted octanol–water partition coefficient (Wildman–Crippen LogP) is 4.14. The molecule has 19 heavy (non-hydrogen) atoms. The molecule has 2 nitrogen and oxygen atoms in total. The Kier molecular flexibility index (Phi) is 4.56. The van der Waals surface area contributed by atoms with Crippen LogP contribution in [0.3, 0.4) is 0 Å². The summed E-state index contributed by atoms with van der Waals surface area (Å²) in [6.45, 7) is 2.53. The number of phenols is 1. The van der Waals surface area contributed by atoms with Gasteiger partial charge in [-0.25, -0.2) is 4.39 Å². The van der Waals surface area contributed by atoms with Crippen LogP contribution in [0.15, 0.2) is 46.9 Å². The van der Waals surface area contributed by atoms with Crippen LogP contribution in [-0.4, -0.2) is 5.11 Å². The molecular formula is C15H15BrFNO. The first-order valence-electron chi connectivity index (χ1n) is 6.02. The molecule has 0 heterocycles. The second-order valence-electron chi connectivity index (χ2n) is 4.44. The minimum atomic E-state index is -0.426. The average molecular weight is 324 g/mol. The largest absolute Gasteiger partial charge is 0.508 e. The molecule has 0 fully saturated rings. The SMILES string of the molecule is C[C@H](NCc1cc(O)cc(F)c1)c1ccccc1Br. The summed E-state index contributed by atoms with van der Waals surface area (Å²) in [4.78, 5) is 0. The van der Waals surface area contributed by atoms with E-state index in [1.165, 1.54) is 6.07 Å². The van der Waals surface area contributed by atoms with E-state index in [1.54, 1.807) is 6.07 Å². The Balaban J connectivity index is 2.04. The van der Waals surface area contributed by atoms with E-state index < -0.39 is 5.82 Å². The molecule has 0 spiro atoms. The van der Waals surface area contributed by atoms with Gasteiger partial charge in [-0.05, 0) is 36.2 Å². The van der Waals surface area contributed by atoms with E-state index >= 15 is 0 Å². The van der Waals surface area contributed by atoms with E-state index in [0.717, 1.165) is 21.7 Å². The van der Waals surface area contributed by atoms with Crippen molar-refractivity contribution in [2.75, 3.05) is 0 Å². The van der Waals surface area contributed by atoms with Crippen molar-refractivity contribution in [3.63, 3.8) is 0 Å². The molecule has 0 unspecified atom stereocenters. The monoisotopic (exact) mass is 323 g/mol. The van der Waals surface area contributed by atoms with Crippen LogP contribution in [0.2, 0.25) is 0 Å². The summed E-state index contributed by atoms with van der Waals surface area (Å²) >= 11 is 3.51. The lowest BCUT2D eigenvalue weighted by molar-refractivity contribution is 0.466. The number of hydrogen-bond acceptors (Lipinski definition) is 2. The van der Waals surface area contributed by atoms with Crippen LogP contribution < -0.4 is 5.32 Å². The zero-order chi connectivity index (χ0) is 13.8. The molecule has 0 bridgehead atoms. The van der Waals surface area contributed by atoms with E-state index in [-0.39, 0.29) is 11.8 Å². The van der Waals surface area contributed by atoms with Crippen LogP contribution in [0.25, 0.3) is 0 Å². The van der Waals surface area contributed by atoms with Crippen molar-refractivity contribution < 1.29 is 9.50 Å². The highest BCUT2D eigenvalue weighted by Crippen LogP contribution is 2.23. The van der Waals surface area contributed by atoms with E-state index in [2.05, 4.69) is 21.2 Å². The Morgan fingerprint density at radius 3 is 2.68 bits per heavy atom. The third-order valence-corrected chi connectivity index (χ3v) is 3.65. The molecular weight excluding hydrogens is 309 g/mol. The maximum atomic E-state index is 13.1. The lowest BCUT2D eigenvalue weighted by Gasteiger charge is -2.16. The zero-order valence-electron chi connectivity index (χ0n) is 10.5. The fraction of sp³-hybridized carbons (Fsp3) is 0.200. The van der Waals surface area contributed by atoms with Gasteiger partial charge < -0.3 is 10.4 Å². The molecule has 100 valence electrons. The van der Waals surface area contributed by atoms with Crippen molar-refractivity contribution in [1.29, 1.82) is 0 Å². The van der Waals surface area contributed by atoms with Crippen LogP contribution in [0, 0.1) is 5.82 Å². The van der Waals surface area contributed by atoms with Crippen molar-refractivity contribution in [2.24, 2.45) is 0 Å². The van der Waals surface area contributed by atoms with Gasteiger partial charge in [-0.3, -0.25) is 0 Å². The number of aromatic hydroxyl groups is 1. The topological polar surface area (TPSA) is 32.3 Å². The number of nitrogens with one attached hydrogen (secondary N) is 1. The van der Waals surface area contributed by atoms with Gasteiger partial charge in [0.05, 0.1) is 0 Å². The second kappa shape index (κ2) is 6.17. The van der Waals surface area contributed by atoms with E-state index in [0.29, 0.717) is 6.54 Å². The summed E-state index contributed by atoms with van der Waals surface area (Å²) in [5.41, 5.74) is 1.86. The van der Waals surface area contributed by atoms with Gasteiger partial charge in [0.15, 0.2) is 0 Å². The Labute approximate surface area is 120 Å². The highest BCUT2D eigenvalue weighted by atomic mass is 79.9. The van der Waals surface area contributed by atoms with Gasteiger partial charge in [0.2, 0.25) is 0 Å². The molecule has 1 atom stereocenters. The van der Waals surface area contributed by atoms with Gasteiger partial charge in [0, 0.05) is 23.1 Å². The Morgan fingerprint density at radius 2 is 2.00 bits per heavy atom. The van der Waals surface area contributed by atoms with Crippen molar-refractivity contribution >= 4 is 15.9 Å². The number of benzene rings is 2. The number of phenolic OH excluding ortho intramolecular Hbond substituents is 1. The lowest BCUT2D eigenvalue weighted by Crippen LogP contribution is -2.18. The molecule has 0 amide bonds. The van der Waals surface area contributed by atoms with E-state index in [1.807, 2.05) is 31.2 Å². The van der Waals surface area contributed by atoms with Crippen LogP contribution in [0.5, 0.6) is 5.75 Å². The first-order chi connectivity index (χ1) is 9.06. The third kappa shape index (κ3) is 3.78. The maximum absolute atomic E-state index is 13.1. The zero-order valence-corrected chi connectivity index (χ0v) is 12.1. The smallest absolute Gasteiger partial charge is 0.127 e. The molecule has 0 saturated carbocycles. The molecule has 2 aromatic carbocycles. The fourth-order valence-electron chi connectivity index (χ4n) is 1.94. The molecule has 0 aliphatic rings. The molecule has 2 rings (SSSR count). The quantitative estimate of drug-likeness (QED) is 0.886. The van der Waals surface area contributed by atoms with Gasteiger partial charge in [0.1, 0.15) is 11.6 Å². The molecule has 0 aliphatic heterocycles. The summed E-state index contributed by atoms with van der Waals surface area (Å²) in [7, 11) is 0. The second-order valence-corrected chi connectivity index (χ2v) is 5.30. The molecule has 0 aromatic heterocycles. The summed E-state index contributed by atoms with van der Waals surface area (Å²) < 4.78 is 14.2. The Bertz CT molecular complexity index is 554. The number of halogens is 2. The summed E-state index contributed by atoms with van der Waals surface area (Å²) in [6.07, 6.45) is 0. The summed E-state index contributed by atoms with van der Waals surface area (Å²) in [5.74, 6) is -0.476. The number of rotatable bonds is 4. The highest BCUT2D eigenvalue weighted by molar-refractivity contribution is 9.10. The molecule has 2 aromatic rings. The standard InChI is InChI=1S/C15H15BrFNO/c1-10(14-4-2-3-5-15(14)16)18-9-11-6-12(17)8-13(19)7-11/h2-8,10,18-19H,9H2,1H3/t10-/m0/s1. The van der Waals surface area contributed by atoms with Crippen molar-refractivity contribution in [3.05, 3.63) is 63.9 Å².